The number of carbonyl (C=O) groups excluding carboxylic acids is 2. The van der Waals surface area contributed by atoms with E-state index in [0.717, 1.165) is 50.5 Å². The quantitative estimate of drug-likeness (QED) is 0.531. The van der Waals surface area contributed by atoms with Crippen LogP contribution in [-0.2, 0) is 9.59 Å². The fourth-order valence-corrected chi connectivity index (χ4v) is 4.34. The molecule has 33 heavy (non-hydrogen) atoms. The molecule has 0 radical (unpaired) electrons. The van der Waals surface area contributed by atoms with Crippen LogP contribution in [0, 0.1) is 21.8 Å². The van der Waals surface area contributed by atoms with Gasteiger partial charge in [0.15, 0.2) is 0 Å². The number of benzene rings is 2. The SMILES string of the molecule is CCN1CCN(c2ccccc2NC(=O)C2CC(=O)N(c3ccc(F)c([N+](=O)[O-])c3)C2)CC1. The van der Waals surface area contributed by atoms with Crippen molar-refractivity contribution in [2.24, 2.45) is 5.92 Å². The first-order valence-electron chi connectivity index (χ1n) is 11.0. The first kappa shape index (κ1) is 22.7. The first-order chi connectivity index (χ1) is 15.9. The molecule has 1 atom stereocenters. The zero-order valence-electron chi connectivity index (χ0n) is 18.4. The van der Waals surface area contributed by atoms with Crippen LogP contribution in [0.1, 0.15) is 13.3 Å². The second kappa shape index (κ2) is 9.53. The Balaban J connectivity index is 1.46. The van der Waals surface area contributed by atoms with Gasteiger partial charge in [-0.3, -0.25) is 19.7 Å². The number of nitrogens with zero attached hydrogens (tertiary/aromatic N) is 4. The summed E-state index contributed by atoms with van der Waals surface area (Å²) in [5, 5.41) is 14.0. The molecule has 0 aliphatic carbocycles. The summed E-state index contributed by atoms with van der Waals surface area (Å²) in [6.45, 7) is 6.85. The van der Waals surface area contributed by atoms with Crippen molar-refractivity contribution >= 4 is 34.6 Å². The maximum absolute atomic E-state index is 13.7. The number of likely N-dealkylation sites (N-methyl/N-ethyl adjacent to an activating group) is 1. The van der Waals surface area contributed by atoms with Gasteiger partial charge in [-0.05, 0) is 30.8 Å². The molecule has 4 rings (SSSR count). The second-order valence-electron chi connectivity index (χ2n) is 8.23. The normalized spacial score (nSPS) is 19.1. The summed E-state index contributed by atoms with van der Waals surface area (Å²) >= 11 is 0. The number of anilines is 3. The lowest BCUT2D eigenvalue weighted by Gasteiger charge is -2.36. The van der Waals surface area contributed by atoms with E-state index >= 15 is 0 Å². The number of halogens is 1. The lowest BCUT2D eigenvalue weighted by atomic mass is 10.1. The zero-order chi connectivity index (χ0) is 23.5. The van der Waals surface area contributed by atoms with Crippen molar-refractivity contribution in [1.29, 1.82) is 0 Å². The Hall–Kier alpha value is -3.53. The average molecular weight is 455 g/mol. The van der Waals surface area contributed by atoms with Gasteiger partial charge in [-0.2, -0.15) is 4.39 Å². The minimum absolute atomic E-state index is 0.0195. The number of piperazine rings is 1. The highest BCUT2D eigenvalue weighted by atomic mass is 19.1. The molecule has 2 aromatic carbocycles. The smallest absolute Gasteiger partial charge is 0.306 e. The number of nitrogens with one attached hydrogen (secondary N) is 1. The van der Waals surface area contributed by atoms with Crippen LogP contribution in [0.4, 0.5) is 27.1 Å². The summed E-state index contributed by atoms with van der Waals surface area (Å²) in [5.41, 5.74) is 1.13. The molecular formula is C23H26FN5O4. The Morgan fingerprint density at radius 3 is 2.61 bits per heavy atom. The lowest BCUT2D eigenvalue weighted by Crippen LogP contribution is -2.46. The van der Waals surface area contributed by atoms with Crippen molar-refractivity contribution in [2.75, 3.05) is 54.4 Å². The zero-order valence-corrected chi connectivity index (χ0v) is 18.4. The highest BCUT2D eigenvalue weighted by Gasteiger charge is 2.36. The van der Waals surface area contributed by atoms with Gasteiger partial charge in [0.2, 0.25) is 17.6 Å². The molecule has 2 amide bonds. The van der Waals surface area contributed by atoms with Crippen molar-refractivity contribution in [2.45, 2.75) is 13.3 Å². The van der Waals surface area contributed by atoms with E-state index in [1.165, 1.54) is 11.0 Å². The number of hydrogen-bond donors (Lipinski definition) is 1. The average Bonchev–Trinajstić information content (AvgIpc) is 3.21. The summed E-state index contributed by atoms with van der Waals surface area (Å²) in [4.78, 5) is 41.7. The van der Waals surface area contributed by atoms with Gasteiger partial charge in [0.05, 0.1) is 27.9 Å². The van der Waals surface area contributed by atoms with E-state index in [9.17, 15) is 24.1 Å². The predicted molar refractivity (Wildman–Crippen MR) is 123 cm³/mol. The molecule has 0 saturated carbocycles. The molecule has 2 heterocycles. The first-order valence-corrected chi connectivity index (χ1v) is 11.0. The summed E-state index contributed by atoms with van der Waals surface area (Å²) in [6.07, 6.45) is -0.0195. The molecular weight excluding hydrogens is 429 g/mol. The van der Waals surface area contributed by atoms with Crippen molar-refractivity contribution in [3.05, 3.63) is 58.4 Å². The maximum Gasteiger partial charge on any atom is 0.306 e. The van der Waals surface area contributed by atoms with E-state index < -0.39 is 22.3 Å². The van der Waals surface area contributed by atoms with Gasteiger partial charge >= 0.3 is 5.69 Å². The van der Waals surface area contributed by atoms with Gasteiger partial charge < -0.3 is 20.0 Å². The van der Waals surface area contributed by atoms with Crippen LogP contribution in [0.25, 0.3) is 0 Å². The van der Waals surface area contributed by atoms with E-state index in [4.69, 9.17) is 0 Å². The Morgan fingerprint density at radius 1 is 1.18 bits per heavy atom. The molecule has 1 N–H and O–H groups in total. The van der Waals surface area contributed by atoms with E-state index in [-0.39, 0.29) is 30.5 Å². The van der Waals surface area contributed by atoms with Gasteiger partial charge in [-0.1, -0.05) is 19.1 Å². The number of para-hydroxylation sites is 2. The van der Waals surface area contributed by atoms with Gasteiger partial charge in [0.1, 0.15) is 0 Å². The summed E-state index contributed by atoms with van der Waals surface area (Å²) in [5.74, 6) is -2.21. The van der Waals surface area contributed by atoms with Crippen LogP contribution in [-0.4, -0.2) is 60.9 Å². The molecule has 174 valence electrons. The van der Waals surface area contributed by atoms with E-state index in [1.807, 2.05) is 24.3 Å². The largest absolute Gasteiger partial charge is 0.367 e. The monoisotopic (exact) mass is 455 g/mol. The van der Waals surface area contributed by atoms with Gasteiger partial charge in [-0.15, -0.1) is 0 Å². The van der Waals surface area contributed by atoms with Crippen LogP contribution >= 0.6 is 0 Å². The van der Waals surface area contributed by atoms with Crippen LogP contribution < -0.4 is 15.1 Å². The van der Waals surface area contributed by atoms with Crippen molar-refractivity contribution in [3.63, 3.8) is 0 Å². The molecule has 2 saturated heterocycles. The molecule has 9 nitrogen and oxygen atoms in total. The number of carbonyl (C=O) groups is 2. The molecule has 2 aliphatic heterocycles. The Bertz CT molecular complexity index is 1070. The third-order valence-electron chi connectivity index (χ3n) is 6.26. The molecule has 10 heteroatoms. The fourth-order valence-electron chi connectivity index (χ4n) is 4.34. The van der Waals surface area contributed by atoms with E-state index in [1.54, 1.807) is 0 Å². The summed E-state index contributed by atoms with van der Waals surface area (Å²) < 4.78 is 13.7. The van der Waals surface area contributed by atoms with Crippen molar-refractivity contribution in [3.8, 4) is 0 Å². The number of hydrogen-bond acceptors (Lipinski definition) is 6. The van der Waals surface area contributed by atoms with Gasteiger partial charge in [0.25, 0.3) is 0 Å². The van der Waals surface area contributed by atoms with Crippen LogP contribution in [0.5, 0.6) is 0 Å². The topological polar surface area (TPSA) is 99.0 Å². The molecule has 0 bridgehead atoms. The standard InChI is InChI=1S/C23H26FN5O4/c1-2-26-9-11-27(12-10-26)20-6-4-3-5-19(20)25-23(31)16-13-22(30)28(15-16)17-7-8-18(24)21(14-17)29(32)33/h3-8,14,16H,2,9-13,15H2,1H3,(H,25,31). The van der Waals surface area contributed by atoms with Crippen LogP contribution in [0.2, 0.25) is 0 Å². The third-order valence-corrected chi connectivity index (χ3v) is 6.26. The highest BCUT2D eigenvalue weighted by molar-refractivity contribution is 6.04. The Morgan fingerprint density at radius 2 is 1.91 bits per heavy atom. The number of rotatable bonds is 6. The van der Waals surface area contributed by atoms with E-state index in [0.29, 0.717) is 5.69 Å². The summed E-state index contributed by atoms with van der Waals surface area (Å²) in [7, 11) is 0. The maximum atomic E-state index is 13.7. The molecule has 1 unspecified atom stereocenters. The second-order valence-corrected chi connectivity index (χ2v) is 8.23. The number of nitro groups is 1. The van der Waals surface area contributed by atoms with Crippen molar-refractivity contribution in [1.82, 2.24) is 4.90 Å². The Labute approximate surface area is 190 Å². The molecule has 0 spiro atoms. The third kappa shape index (κ3) is 4.80. The highest BCUT2D eigenvalue weighted by Crippen LogP contribution is 2.31. The molecule has 2 aliphatic rings. The van der Waals surface area contributed by atoms with Gasteiger partial charge in [0, 0.05) is 45.2 Å². The van der Waals surface area contributed by atoms with Crippen LogP contribution in [0.3, 0.4) is 0 Å². The lowest BCUT2D eigenvalue weighted by molar-refractivity contribution is -0.387. The fraction of sp³-hybridized carbons (Fsp3) is 0.391. The number of nitro benzene ring substituents is 1. The van der Waals surface area contributed by atoms with Crippen LogP contribution in [0.15, 0.2) is 42.5 Å². The van der Waals surface area contributed by atoms with E-state index in [2.05, 4.69) is 22.0 Å². The molecule has 2 aromatic rings. The summed E-state index contributed by atoms with van der Waals surface area (Å²) in [6, 6.07) is 10.9. The minimum Gasteiger partial charge on any atom is -0.367 e. The van der Waals surface area contributed by atoms with Crippen molar-refractivity contribution < 1.29 is 18.9 Å². The molecule has 2 fully saturated rings. The van der Waals surface area contributed by atoms with Gasteiger partial charge in [-0.25, -0.2) is 0 Å². The Kier molecular flexibility index (Phi) is 6.55. The minimum atomic E-state index is -0.971. The predicted octanol–water partition coefficient (Wildman–Crippen LogP) is 2.87. The number of amides is 2. The molecule has 0 aromatic heterocycles.